The summed E-state index contributed by atoms with van der Waals surface area (Å²) in [6.07, 6.45) is 3.37. The third-order valence-electron chi connectivity index (χ3n) is 2.71. The molecule has 0 aliphatic heterocycles. The normalized spacial score (nSPS) is 12.2. The predicted molar refractivity (Wildman–Crippen MR) is 74.7 cm³/mol. The second-order valence-electron chi connectivity index (χ2n) is 4.16. The summed E-state index contributed by atoms with van der Waals surface area (Å²) in [6.45, 7) is 0.0972. The smallest absolute Gasteiger partial charge is 0.260 e. The van der Waals surface area contributed by atoms with Gasteiger partial charge in [-0.15, -0.1) is 11.3 Å². The Labute approximate surface area is 118 Å². The van der Waals surface area contributed by atoms with E-state index in [1.54, 1.807) is 35.6 Å². The largest absolute Gasteiger partial charge is 0.381 e. The van der Waals surface area contributed by atoms with Crippen LogP contribution in [0, 0.1) is 0 Å². The fraction of sp³-hybridized carbons (Fsp3) is 0.200. The zero-order valence-corrected chi connectivity index (χ0v) is 12.1. The summed E-state index contributed by atoms with van der Waals surface area (Å²) in [6, 6.07) is 1.74. The fourth-order valence-electron chi connectivity index (χ4n) is 1.84. The Morgan fingerprint density at radius 1 is 1.45 bits per heavy atom. The molecule has 3 aromatic heterocycles. The van der Waals surface area contributed by atoms with Gasteiger partial charge in [0.25, 0.3) is 10.0 Å². The van der Waals surface area contributed by atoms with Crippen LogP contribution in [0.15, 0.2) is 28.9 Å². The number of anilines is 1. The molecule has 0 bridgehead atoms. The van der Waals surface area contributed by atoms with E-state index in [0.717, 1.165) is 0 Å². The maximum absolute atomic E-state index is 12.3. The van der Waals surface area contributed by atoms with Gasteiger partial charge in [-0.05, 0) is 6.07 Å². The molecule has 106 valence electrons. The van der Waals surface area contributed by atoms with Crippen LogP contribution in [0.25, 0.3) is 4.96 Å². The molecule has 3 aromatic rings. The van der Waals surface area contributed by atoms with Gasteiger partial charge in [0.05, 0.1) is 12.2 Å². The molecule has 0 atom stereocenters. The van der Waals surface area contributed by atoms with Gasteiger partial charge < -0.3 is 5.73 Å². The molecule has 0 unspecified atom stereocenters. The standard InChI is InChI=1S/C10H12N6O2S2/c1-15-3-2-7(14-15)6-12-20(17,18)9-8(11)13-10-16(9)4-5-19-10/h2-5,12H,6,11H2,1H3. The number of sulfonamides is 1. The Kier molecular flexibility index (Phi) is 3.00. The second-order valence-corrected chi connectivity index (χ2v) is 6.72. The first kappa shape index (κ1) is 13.1. The summed E-state index contributed by atoms with van der Waals surface area (Å²) in [5.74, 6) is -0.00892. The molecule has 3 N–H and O–H groups in total. The van der Waals surface area contributed by atoms with Crippen molar-refractivity contribution in [1.82, 2.24) is 23.9 Å². The van der Waals surface area contributed by atoms with Crippen molar-refractivity contribution >= 4 is 32.1 Å². The Hall–Kier alpha value is -1.91. The highest BCUT2D eigenvalue weighted by atomic mass is 32.2. The number of imidazole rings is 1. The number of hydrogen-bond acceptors (Lipinski definition) is 6. The van der Waals surface area contributed by atoms with E-state index in [9.17, 15) is 8.42 Å². The van der Waals surface area contributed by atoms with Crippen LogP contribution in [0.5, 0.6) is 0 Å². The number of nitrogens with zero attached hydrogens (tertiary/aromatic N) is 4. The quantitative estimate of drug-likeness (QED) is 0.715. The van der Waals surface area contributed by atoms with Gasteiger partial charge in [0, 0.05) is 24.8 Å². The SMILES string of the molecule is Cn1ccc(CNS(=O)(=O)c2c(N)nc3sccn23)n1. The van der Waals surface area contributed by atoms with E-state index in [1.807, 2.05) is 0 Å². The zero-order valence-electron chi connectivity index (χ0n) is 10.5. The second kappa shape index (κ2) is 4.58. The zero-order chi connectivity index (χ0) is 14.3. The van der Waals surface area contributed by atoms with Gasteiger partial charge in [0.15, 0.2) is 15.8 Å². The number of aromatic nitrogens is 4. The number of fused-ring (bicyclic) bond motifs is 1. The maximum Gasteiger partial charge on any atom is 0.260 e. The van der Waals surface area contributed by atoms with E-state index in [1.165, 1.54) is 15.7 Å². The highest BCUT2D eigenvalue weighted by Crippen LogP contribution is 2.23. The van der Waals surface area contributed by atoms with Crippen molar-refractivity contribution in [2.45, 2.75) is 11.6 Å². The van der Waals surface area contributed by atoms with Crippen LogP contribution in [0.3, 0.4) is 0 Å². The monoisotopic (exact) mass is 312 g/mol. The van der Waals surface area contributed by atoms with Crippen molar-refractivity contribution in [2.24, 2.45) is 7.05 Å². The van der Waals surface area contributed by atoms with Gasteiger partial charge >= 0.3 is 0 Å². The van der Waals surface area contributed by atoms with Crippen molar-refractivity contribution in [3.8, 4) is 0 Å². The first-order valence-electron chi connectivity index (χ1n) is 5.66. The topological polar surface area (TPSA) is 107 Å². The molecule has 0 aliphatic rings. The van der Waals surface area contributed by atoms with Crippen LogP contribution in [0.2, 0.25) is 0 Å². The Bertz CT molecular complexity index is 859. The van der Waals surface area contributed by atoms with Crippen molar-refractivity contribution in [3.05, 3.63) is 29.5 Å². The van der Waals surface area contributed by atoms with E-state index in [4.69, 9.17) is 5.73 Å². The van der Waals surface area contributed by atoms with E-state index < -0.39 is 10.0 Å². The third-order valence-corrected chi connectivity index (χ3v) is 4.91. The first-order valence-corrected chi connectivity index (χ1v) is 8.03. The van der Waals surface area contributed by atoms with Gasteiger partial charge in [-0.25, -0.2) is 18.1 Å². The summed E-state index contributed by atoms with van der Waals surface area (Å²) in [4.78, 5) is 4.56. The molecule has 20 heavy (non-hydrogen) atoms. The molecule has 0 saturated heterocycles. The number of thiazole rings is 1. The minimum Gasteiger partial charge on any atom is -0.381 e. The molecule has 3 rings (SSSR count). The predicted octanol–water partition coefficient (Wildman–Crippen LogP) is 0.190. The molecule has 0 amide bonds. The Balaban J connectivity index is 1.91. The lowest BCUT2D eigenvalue weighted by Crippen LogP contribution is -2.25. The van der Waals surface area contributed by atoms with Gasteiger partial charge in [-0.1, -0.05) is 0 Å². The summed E-state index contributed by atoms with van der Waals surface area (Å²) >= 11 is 1.32. The van der Waals surface area contributed by atoms with Crippen molar-refractivity contribution in [2.75, 3.05) is 5.73 Å². The summed E-state index contributed by atoms with van der Waals surface area (Å²) in [5, 5.41) is 5.82. The first-order chi connectivity index (χ1) is 9.47. The fourth-order valence-corrected chi connectivity index (χ4v) is 3.82. The van der Waals surface area contributed by atoms with Crippen LogP contribution in [-0.2, 0) is 23.6 Å². The number of nitrogens with one attached hydrogen (secondary N) is 1. The van der Waals surface area contributed by atoms with E-state index in [2.05, 4.69) is 14.8 Å². The molecule has 0 spiro atoms. The molecule has 8 nitrogen and oxygen atoms in total. The third kappa shape index (κ3) is 2.17. The lowest BCUT2D eigenvalue weighted by Gasteiger charge is -2.04. The Morgan fingerprint density at radius 2 is 2.25 bits per heavy atom. The van der Waals surface area contributed by atoms with Crippen LogP contribution < -0.4 is 10.5 Å². The van der Waals surface area contributed by atoms with Crippen molar-refractivity contribution in [3.63, 3.8) is 0 Å². The number of hydrogen-bond donors (Lipinski definition) is 2. The Morgan fingerprint density at radius 3 is 2.95 bits per heavy atom. The molecular weight excluding hydrogens is 300 g/mol. The minimum atomic E-state index is -3.75. The van der Waals surface area contributed by atoms with Crippen LogP contribution in [-0.4, -0.2) is 27.6 Å². The summed E-state index contributed by atoms with van der Waals surface area (Å²) in [7, 11) is -1.98. The molecule has 10 heteroatoms. The van der Waals surface area contributed by atoms with E-state index in [-0.39, 0.29) is 17.4 Å². The summed E-state index contributed by atoms with van der Waals surface area (Å²) in [5.41, 5.74) is 6.32. The molecular formula is C10H12N6O2S2. The summed E-state index contributed by atoms with van der Waals surface area (Å²) < 4.78 is 30.2. The van der Waals surface area contributed by atoms with Gasteiger partial charge in [-0.2, -0.15) is 5.10 Å². The molecule has 0 fully saturated rings. The lowest BCUT2D eigenvalue weighted by atomic mass is 10.4. The van der Waals surface area contributed by atoms with Gasteiger partial charge in [0.1, 0.15) is 0 Å². The average Bonchev–Trinajstić information content (AvgIpc) is 3.02. The number of nitrogens with two attached hydrogens (primary N) is 1. The van der Waals surface area contributed by atoms with Gasteiger partial charge in [0.2, 0.25) is 0 Å². The number of nitrogen functional groups attached to an aromatic ring is 1. The maximum atomic E-state index is 12.3. The van der Waals surface area contributed by atoms with Crippen LogP contribution in [0.4, 0.5) is 5.82 Å². The molecule has 0 radical (unpaired) electrons. The van der Waals surface area contributed by atoms with Crippen LogP contribution in [0.1, 0.15) is 5.69 Å². The van der Waals surface area contributed by atoms with Gasteiger partial charge in [-0.3, -0.25) is 9.08 Å². The van der Waals surface area contributed by atoms with E-state index in [0.29, 0.717) is 10.7 Å². The molecule has 0 aromatic carbocycles. The molecule has 0 saturated carbocycles. The minimum absolute atomic E-state index is 0.00892. The van der Waals surface area contributed by atoms with E-state index >= 15 is 0 Å². The highest BCUT2D eigenvalue weighted by molar-refractivity contribution is 7.89. The average molecular weight is 312 g/mol. The highest BCUT2D eigenvalue weighted by Gasteiger charge is 2.24. The molecule has 3 heterocycles. The van der Waals surface area contributed by atoms with Crippen molar-refractivity contribution < 1.29 is 8.42 Å². The van der Waals surface area contributed by atoms with Crippen molar-refractivity contribution in [1.29, 1.82) is 0 Å². The van der Waals surface area contributed by atoms with Crippen LogP contribution >= 0.6 is 11.3 Å². The number of aryl methyl sites for hydroxylation is 1. The molecule has 0 aliphatic carbocycles. The number of rotatable bonds is 4. The lowest BCUT2D eigenvalue weighted by molar-refractivity contribution is 0.575.